The van der Waals surface area contributed by atoms with Crippen LogP contribution in [0.5, 0.6) is 0 Å². The fourth-order valence-corrected chi connectivity index (χ4v) is 1.41. The van der Waals surface area contributed by atoms with Gasteiger partial charge in [0.05, 0.1) is 0 Å². The van der Waals surface area contributed by atoms with Crippen LogP contribution in [0.15, 0.2) is 0 Å². The van der Waals surface area contributed by atoms with Gasteiger partial charge in [-0.1, -0.05) is 0 Å². The van der Waals surface area contributed by atoms with E-state index in [-0.39, 0.29) is 13.2 Å². The number of hydrogen-bond acceptors (Lipinski definition) is 3. The van der Waals surface area contributed by atoms with Crippen LogP contribution in [0.2, 0.25) is 0 Å². The van der Waals surface area contributed by atoms with Gasteiger partial charge in [-0.2, -0.15) is 0 Å². The molecule has 1 fully saturated rings. The maximum atomic E-state index is 8.78. The molecule has 0 aromatic carbocycles. The van der Waals surface area contributed by atoms with E-state index in [0.717, 1.165) is 19.5 Å². The first-order valence-corrected chi connectivity index (χ1v) is 3.79. The topological polar surface area (TPSA) is 52.5 Å². The number of rotatable bonds is 2. The fraction of sp³-hybridized carbons (Fsp3) is 1.00. The zero-order valence-corrected chi connectivity index (χ0v) is 6.08. The molecule has 1 aliphatic heterocycles. The summed E-state index contributed by atoms with van der Waals surface area (Å²) in [7, 11) is 0. The van der Waals surface area contributed by atoms with Crippen LogP contribution in [0, 0.1) is 11.8 Å². The molecule has 1 heterocycles. The van der Waals surface area contributed by atoms with Crippen LogP contribution < -0.4 is 5.32 Å². The van der Waals surface area contributed by atoms with E-state index in [9.17, 15) is 0 Å². The minimum absolute atomic E-state index is 0.240. The molecule has 3 nitrogen and oxygen atoms in total. The Labute approximate surface area is 61.1 Å². The highest BCUT2D eigenvalue weighted by atomic mass is 16.3. The summed E-state index contributed by atoms with van der Waals surface area (Å²) in [6, 6.07) is 0. The summed E-state index contributed by atoms with van der Waals surface area (Å²) in [5.41, 5.74) is 0. The van der Waals surface area contributed by atoms with Crippen molar-refractivity contribution in [1.29, 1.82) is 0 Å². The number of hydrogen-bond donors (Lipinski definition) is 3. The highest BCUT2D eigenvalue weighted by Crippen LogP contribution is 2.14. The molecule has 0 aromatic heterocycles. The first-order valence-electron chi connectivity index (χ1n) is 3.79. The van der Waals surface area contributed by atoms with Crippen molar-refractivity contribution in [2.75, 3.05) is 26.3 Å². The molecule has 1 saturated heterocycles. The molecule has 0 spiro atoms. The SMILES string of the molecule is OC[C@@H]1CNC[C@H](CO)C1. The van der Waals surface area contributed by atoms with Crippen molar-refractivity contribution in [2.24, 2.45) is 11.8 Å². The second-order valence-corrected chi connectivity index (χ2v) is 2.99. The number of piperidine rings is 1. The van der Waals surface area contributed by atoms with Gasteiger partial charge in [0.15, 0.2) is 0 Å². The molecule has 0 aromatic rings. The Morgan fingerprint density at radius 1 is 1.10 bits per heavy atom. The molecule has 0 radical (unpaired) electrons. The van der Waals surface area contributed by atoms with Crippen molar-refractivity contribution in [2.45, 2.75) is 6.42 Å². The van der Waals surface area contributed by atoms with E-state index >= 15 is 0 Å². The summed E-state index contributed by atoms with van der Waals surface area (Å²) in [4.78, 5) is 0. The molecular formula is C7H15NO2. The van der Waals surface area contributed by atoms with Crippen molar-refractivity contribution in [3.8, 4) is 0 Å². The van der Waals surface area contributed by atoms with Crippen molar-refractivity contribution in [1.82, 2.24) is 5.32 Å². The monoisotopic (exact) mass is 145 g/mol. The van der Waals surface area contributed by atoms with Gasteiger partial charge in [0, 0.05) is 26.3 Å². The lowest BCUT2D eigenvalue weighted by molar-refractivity contribution is 0.132. The van der Waals surface area contributed by atoms with E-state index in [1.807, 2.05) is 0 Å². The van der Waals surface area contributed by atoms with E-state index in [0.29, 0.717) is 11.8 Å². The van der Waals surface area contributed by atoms with Crippen molar-refractivity contribution in [3.05, 3.63) is 0 Å². The second-order valence-electron chi connectivity index (χ2n) is 2.99. The Morgan fingerprint density at radius 3 is 2.00 bits per heavy atom. The van der Waals surface area contributed by atoms with Gasteiger partial charge >= 0.3 is 0 Å². The molecule has 1 rings (SSSR count). The first kappa shape index (κ1) is 7.98. The van der Waals surface area contributed by atoms with E-state index in [2.05, 4.69) is 5.32 Å². The molecule has 3 heteroatoms. The van der Waals surface area contributed by atoms with Gasteiger partial charge in [-0.3, -0.25) is 0 Å². The summed E-state index contributed by atoms with van der Waals surface area (Å²) >= 11 is 0. The number of aliphatic hydroxyl groups excluding tert-OH is 2. The van der Waals surface area contributed by atoms with E-state index < -0.39 is 0 Å². The number of nitrogens with one attached hydrogen (secondary N) is 1. The van der Waals surface area contributed by atoms with Crippen LogP contribution in [-0.4, -0.2) is 36.5 Å². The molecule has 0 bridgehead atoms. The average molecular weight is 145 g/mol. The van der Waals surface area contributed by atoms with Crippen LogP contribution in [-0.2, 0) is 0 Å². The second kappa shape index (κ2) is 3.91. The molecule has 60 valence electrons. The average Bonchev–Trinajstić information content (AvgIpc) is 2.05. The summed E-state index contributed by atoms with van der Waals surface area (Å²) in [5.74, 6) is 0.705. The van der Waals surface area contributed by atoms with Gasteiger partial charge < -0.3 is 15.5 Å². The lowest BCUT2D eigenvalue weighted by Crippen LogP contribution is -2.39. The molecule has 2 atom stereocenters. The largest absolute Gasteiger partial charge is 0.396 e. The van der Waals surface area contributed by atoms with Gasteiger partial charge in [0.2, 0.25) is 0 Å². The minimum Gasteiger partial charge on any atom is -0.396 e. The maximum Gasteiger partial charge on any atom is 0.0471 e. The van der Waals surface area contributed by atoms with Gasteiger partial charge in [0.25, 0.3) is 0 Å². The Hall–Kier alpha value is -0.120. The van der Waals surface area contributed by atoms with Crippen LogP contribution in [0.25, 0.3) is 0 Å². The maximum absolute atomic E-state index is 8.78. The lowest BCUT2D eigenvalue weighted by Gasteiger charge is -2.27. The van der Waals surface area contributed by atoms with E-state index in [1.54, 1.807) is 0 Å². The summed E-state index contributed by atoms with van der Waals surface area (Å²) < 4.78 is 0. The Bertz CT molecular complexity index is 87.6. The van der Waals surface area contributed by atoms with Crippen LogP contribution >= 0.6 is 0 Å². The van der Waals surface area contributed by atoms with Crippen molar-refractivity contribution >= 4 is 0 Å². The lowest BCUT2D eigenvalue weighted by atomic mass is 9.92. The number of aliphatic hydroxyl groups is 2. The van der Waals surface area contributed by atoms with Crippen LogP contribution in [0.3, 0.4) is 0 Å². The molecule has 0 unspecified atom stereocenters. The normalized spacial score (nSPS) is 34.2. The highest BCUT2D eigenvalue weighted by Gasteiger charge is 2.19. The van der Waals surface area contributed by atoms with E-state index in [1.165, 1.54) is 0 Å². The van der Waals surface area contributed by atoms with Gasteiger partial charge in [-0.25, -0.2) is 0 Å². The minimum atomic E-state index is 0.240. The van der Waals surface area contributed by atoms with Crippen LogP contribution in [0.4, 0.5) is 0 Å². The molecule has 0 saturated carbocycles. The zero-order valence-electron chi connectivity index (χ0n) is 6.08. The fourth-order valence-electron chi connectivity index (χ4n) is 1.41. The predicted octanol–water partition coefficient (Wildman–Crippen LogP) is -0.803. The molecule has 0 aliphatic carbocycles. The molecular weight excluding hydrogens is 130 g/mol. The Morgan fingerprint density at radius 2 is 1.60 bits per heavy atom. The third-order valence-electron chi connectivity index (χ3n) is 2.05. The summed E-state index contributed by atoms with van der Waals surface area (Å²) in [6.07, 6.45) is 0.958. The van der Waals surface area contributed by atoms with E-state index in [4.69, 9.17) is 10.2 Å². The summed E-state index contributed by atoms with van der Waals surface area (Å²) in [5, 5.41) is 20.7. The third kappa shape index (κ3) is 1.94. The predicted molar refractivity (Wildman–Crippen MR) is 38.6 cm³/mol. The van der Waals surface area contributed by atoms with Gasteiger partial charge in [-0.05, 0) is 18.3 Å². The standard InChI is InChI=1S/C7H15NO2/c9-4-6-1-7(5-10)3-8-2-6/h6-10H,1-5H2/t6-,7+. The Kier molecular flexibility index (Phi) is 3.12. The Balaban J connectivity index is 2.25. The summed E-state index contributed by atoms with van der Waals surface area (Å²) in [6.45, 7) is 2.27. The quantitative estimate of drug-likeness (QED) is 0.476. The highest BCUT2D eigenvalue weighted by molar-refractivity contribution is 4.74. The molecule has 3 N–H and O–H groups in total. The smallest absolute Gasteiger partial charge is 0.0471 e. The van der Waals surface area contributed by atoms with Crippen molar-refractivity contribution in [3.63, 3.8) is 0 Å². The molecule has 1 aliphatic rings. The first-order chi connectivity index (χ1) is 4.86. The third-order valence-corrected chi connectivity index (χ3v) is 2.05. The molecule has 10 heavy (non-hydrogen) atoms. The van der Waals surface area contributed by atoms with Gasteiger partial charge in [-0.15, -0.1) is 0 Å². The molecule has 0 amide bonds. The van der Waals surface area contributed by atoms with Crippen molar-refractivity contribution < 1.29 is 10.2 Å². The van der Waals surface area contributed by atoms with Crippen LogP contribution in [0.1, 0.15) is 6.42 Å². The zero-order chi connectivity index (χ0) is 7.40. The van der Waals surface area contributed by atoms with Gasteiger partial charge in [0.1, 0.15) is 0 Å².